The van der Waals surface area contributed by atoms with E-state index in [4.69, 9.17) is 14.5 Å². The van der Waals surface area contributed by atoms with Gasteiger partial charge in [-0.15, -0.1) is 0 Å². The highest BCUT2D eigenvalue weighted by Gasteiger charge is 2.13. The van der Waals surface area contributed by atoms with Crippen molar-refractivity contribution in [1.82, 2.24) is 9.55 Å². The van der Waals surface area contributed by atoms with E-state index < -0.39 is 0 Å². The molecular weight excluding hydrogens is 348 g/mol. The average molecular weight is 370 g/mol. The van der Waals surface area contributed by atoms with Crippen LogP contribution in [0.2, 0.25) is 0 Å². The first-order valence-electron chi connectivity index (χ1n) is 8.51. The van der Waals surface area contributed by atoms with E-state index in [9.17, 15) is 4.79 Å². The maximum atomic E-state index is 12.8. The van der Waals surface area contributed by atoms with Gasteiger partial charge < -0.3 is 9.47 Å². The summed E-state index contributed by atoms with van der Waals surface area (Å²) in [6.07, 6.45) is 0.871. The van der Waals surface area contributed by atoms with Gasteiger partial charge in [0.25, 0.3) is 5.56 Å². The summed E-state index contributed by atoms with van der Waals surface area (Å²) in [7, 11) is 3.29. The highest BCUT2D eigenvalue weighted by molar-refractivity contribution is 7.98. The molecule has 1 aromatic heterocycles. The summed E-state index contributed by atoms with van der Waals surface area (Å²) in [5.74, 6) is 2.21. The molecule has 3 rings (SSSR count). The highest BCUT2D eigenvalue weighted by atomic mass is 32.2. The van der Waals surface area contributed by atoms with Crippen LogP contribution in [0.1, 0.15) is 18.9 Å². The van der Waals surface area contributed by atoms with E-state index in [2.05, 4.69) is 6.92 Å². The highest BCUT2D eigenvalue weighted by Crippen LogP contribution is 2.30. The van der Waals surface area contributed by atoms with Crippen LogP contribution >= 0.6 is 11.8 Å². The van der Waals surface area contributed by atoms with E-state index in [1.54, 1.807) is 18.8 Å². The van der Waals surface area contributed by atoms with Crippen molar-refractivity contribution in [3.63, 3.8) is 0 Å². The van der Waals surface area contributed by atoms with Gasteiger partial charge >= 0.3 is 0 Å². The predicted molar refractivity (Wildman–Crippen MR) is 105 cm³/mol. The van der Waals surface area contributed by atoms with Gasteiger partial charge in [-0.25, -0.2) is 4.98 Å². The number of para-hydroxylation sites is 1. The number of benzene rings is 2. The summed E-state index contributed by atoms with van der Waals surface area (Å²) in [4.78, 5) is 17.6. The third-order valence-electron chi connectivity index (χ3n) is 4.12. The normalized spacial score (nSPS) is 10.9. The smallest absolute Gasteiger partial charge is 0.262 e. The Labute approximate surface area is 157 Å². The van der Waals surface area contributed by atoms with Crippen LogP contribution in [0.15, 0.2) is 52.4 Å². The van der Waals surface area contributed by atoms with Crippen molar-refractivity contribution in [2.75, 3.05) is 14.2 Å². The third kappa shape index (κ3) is 3.70. The molecule has 1 heterocycles. The van der Waals surface area contributed by atoms with Gasteiger partial charge in [0.1, 0.15) is 11.5 Å². The standard InChI is InChI=1S/C20H22N2O3S/c1-4-11-22-19(23)16-7-5-6-8-17(16)21-20(22)26-13-14-12-15(24-2)9-10-18(14)25-3/h5-10,12H,4,11,13H2,1-3H3. The van der Waals surface area contributed by atoms with Crippen molar-refractivity contribution < 1.29 is 9.47 Å². The van der Waals surface area contributed by atoms with Crippen molar-refractivity contribution in [3.8, 4) is 11.5 Å². The molecule has 0 aliphatic heterocycles. The van der Waals surface area contributed by atoms with Crippen molar-refractivity contribution >= 4 is 22.7 Å². The Balaban J connectivity index is 1.98. The first-order chi connectivity index (χ1) is 12.7. The molecule has 0 radical (unpaired) electrons. The number of rotatable bonds is 7. The topological polar surface area (TPSA) is 53.4 Å². The van der Waals surface area contributed by atoms with Crippen molar-refractivity contribution in [2.45, 2.75) is 30.8 Å². The van der Waals surface area contributed by atoms with Gasteiger partial charge in [0.15, 0.2) is 5.16 Å². The molecule has 0 aliphatic carbocycles. The van der Waals surface area contributed by atoms with Gasteiger partial charge in [-0.05, 0) is 36.8 Å². The number of thioether (sulfide) groups is 1. The van der Waals surface area contributed by atoms with Gasteiger partial charge in [-0.3, -0.25) is 9.36 Å². The molecule has 3 aromatic rings. The Bertz CT molecular complexity index is 969. The van der Waals surface area contributed by atoms with Crippen molar-refractivity contribution in [3.05, 3.63) is 58.4 Å². The largest absolute Gasteiger partial charge is 0.497 e. The van der Waals surface area contributed by atoms with Crippen molar-refractivity contribution in [1.29, 1.82) is 0 Å². The van der Waals surface area contributed by atoms with Gasteiger partial charge in [-0.1, -0.05) is 30.8 Å². The number of methoxy groups -OCH3 is 2. The minimum atomic E-state index is 0.0116. The molecule has 26 heavy (non-hydrogen) atoms. The fourth-order valence-electron chi connectivity index (χ4n) is 2.82. The monoisotopic (exact) mass is 370 g/mol. The minimum Gasteiger partial charge on any atom is -0.497 e. The zero-order valence-electron chi connectivity index (χ0n) is 15.2. The predicted octanol–water partition coefficient (Wildman–Crippen LogP) is 4.12. The second-order valence-electron chi connectivity index (χ2n) is 5.83. The number of hydrogen-bond donors (Lipinski definition) is 0. The summed E-state index contributed by atoms with van der Waals surface area (Å²) in [6.45, 7) is 2.70. The lowest BCUT2D eigenvalue weighted by molar-refractivity contribution is 0.400. The summed E-state index contributed by atoms with van der Waals surface area (Å²) >= 11 is 1.53. The van der Waals surface area contributed by atoms with Gasteiger partial charge in [0, 0.05) is 17.9 Å². The molecule has 136 valence electrons. The number of nitrogens with zero attached hydrogens (tertiary/aromatic N) is 2. The van der Waals surface area contributed by atoms with Crippen LogP contribution in [0, 0.1) is 0 Å². The maximum Gasteiger partial charge on any atom is 0.262 e. The number of aromatic nitrogens is 2. The quantitative estimate of drug-likeness (QED) is 0.463. The molecule has 6 heteroatoms. The van der Waals surface area contributed by atoms with Gasteiger partial charge in [0.2, 0.25) is 0 Å². The van der Waals surface area contributed by atoms with E-state index in [1.807, 2.05) is 42.5 Å². The second-order valence-corrected chi connectivity index (χ2v) is 6.78. The van der Waals surface area contributed by atoms with E-state index in [-0.39, 0.29) is 5.56 Å². The average Bonchev–Trinajstić information content (AvgIpc) is 2.68. The van der Waals surface area contributed by atoms with E-state index in [0.29, 0.717) is 17.7 Å². The molecule has 0 spiro atoms. The molecule has 0 fully saturated rings. The lowest BCUT2D eigenvalue weighted by Crippen LogP contribution is -2.23. The summed E-state index contributed by atoms with van der Waals surface area (Å²) in [5.41, 5.74) is 1.74. The number of hydrogen-bond acceptors (Lipinski definition) is 5. The lowest BCUT2D eigenvalue weighted by Gasteiger charge is -2.14. The molecule has 0 unspecified atom stereocenters. The second kappa shape index (κ2) is 8.27. The fraction of sp³-hybridized carbons (Fsp3) is 0.300. The zero-order chi connectivity index (χ0) is 18.5. The van der Waals surface area contributed by atoms with Crippen LogP contribution in [-0.2, 0) is 12.3 Å². The number of fused-ring (bicyclic) bond motifs is 1. The zero-order valence-corrected chi connectivity index (χ0v) is 16.0. The fourth-order valence-corrected chi connectivity index (χ4v) is 3.82. The van der Waals surface area contributed by atoms with E-state index >= 15 is 0 Å². The molecule has 0 bridgehead atoms. The molecule has 0 saturated heterocycles. The van der Waals surface area contributed by atoms with Crippen LogP contribution in [-0.4, -0.2) is 23.8 Å². The van der Waals surface area contributed by atoms with Crippen LogP contribution in [0.3, 0.4) is 0 Å². The minimum absolute atomic E-state index is 0.0116. The number of ether oxygens (including phenoxy) is 2. The van der Waals surface area contributed by atoms with Gasteiger partial charge in [-0.2, -0.15) is 0 Å². The SMILES string of the molecule is CCCn1c(SCc2cc(OC)ccc2OC)nc2ccccc2c1=O. The van der Waals surface area contributed by atoms with Crippen LogP contribution in [0.5, 0.6) is 11.5 Å². The first-order valence-corrected chi connectivity index (χ1v) is 9.49. The Morgan fingerprint density at radius 2 is 1.92 bits per heavy atom. The molecule has 0 aliphatic rings. The van der Waals surface area contributed by atoms with E-state index in [0.717, 1.165) is 34.2 Å². The maximum absolute atomic E-state index is 12.8. The first kappa shape index (κ1) is 18.3. The Morgan fingerprint density at radius 3 is 2.65 bits per heavy atom. The van der Waals surface area contributed by atoms with Crippen LogP contribution in [0.4, 0.5) is 0 Å². The van der Waals surface area contributed by atoms with Gasteiger partial charge in [0.05, 0.1) is 25.1 Å². The lowest BCUT2D eigenvalue weighted by atomic mass is 10.2. The Hall–Kier alpha value is -2.47. The molecule has 0 saturated carbocycles. The van der Waals surface area contributed by atoms with Crippen LogP contribution < -0.4 is 15.0 Å². The third-order valence-corrected chi connectivity index (χ3v) is 5.14. The summed E-state index contributed by atoms with van der Waals surface area (Å²) in [5, 5.41) is 1.38. The Morgan fingerprint density at radius 1 is 1.12 bits per heavy atom. The summed E-state index contributed by atoms with van der Waals surface area (Å²) < 4.78 is 12.5. The molecular formula is C20H22N2O3S. The molecule has 2 aromatic carbocycles. The van der Waals surface area contributed by atoms with Crippen LogP contribution in [0.25, 0.3) is 10.9 Å². The summed E-state index contributed by atoms with van der Waals surface area (Å²) in [6, 6.07) is 13.2. The van der Waals surface area contributed by atoms with Crippen molar-refractivity contribution in [2.24, 2.45) is 0 Å². The Kier molecular flexibility index (Phi) is 5.83. The molecule has 0 atom stereocenters. The molecule has 5 nitrogen and oxygen atoms in total. The molecule has 0 amide bonds. The molecule has 0 N–H and O–H groups in total. The van der Waals surface area contributed by atoms with E-state index in [1.165, 1.54) is 11.8 Å².